The molecule has 3 rings (SSSR count). The van der Waals surface area contributed by atoms with Crippen molar-refractivity contribution in [1.82, 2.24) is 0 Å². The van der Waals surface area contributed by atoms with Gasteiger partial charge in [0.2, 0.25) is 0 Å². The third kappa shape index (κ3) is 3.57. The second kappa shape index (κ2) is 7.37. The monoisotopic (exact) mass is 340 g/mol. The molecule has 22 heavy (non-hydrogen) atoms. The molecule has 0 N–H and O–H groups in total. The first-order valence-electron chi connectivity index (χ1n) is 7.13. The molecule has 0 heterocycles. The van der Waals surface area contributed by atoms with E-state index in [1.807, 2.05) is 6.07 Å². The molecular formula is C19H17PS2. The van der Waals surface area contributed by atoms with Crippen LogP contribution < -0.4 is 10.6 Å². The zero-order valence-corrected chi connectivity index (χ0v) is 14.7. The summed E-state index contributed by atoms with van der Waals surface area (Å²) in [4.78, 5) is 1.93. The average Bonchev–Trinajstić information content (AvgIpc) is 2.58. The second-order valence-electron chi connectivity index (χ2n) is 5.04. The lowest BCUT2D eigenvalue weighted by molar-refractivity contribution is 1.16. The Bertz CT molecular complexity index is 702. The predicted molar refractivity (Wildman–Crippen MR) is 104 cm³/mol. The van der Waals surface area contributed by atoms with E-state index in [4.69, 9.17) is 0 Å². The number of hydrogen-bond acceptors (Lipinski definition) is 2. The van der Waals surface area contributed by atoms with E-state index in [0.717, 1.165) is 16.0 Å². The molecule has 3 aromatic carbocycles. The van der Waals surface area contributed by atoms with Gasteiger partial charge in [-0.1, -0.05) is 72.8 Å². The Morgan fingerprint density at radius 2 is 1.18 bits per heavy atom. The smallest absolute Gasteiger partial charge is 0.0210 e. The molecular weight excluding hydrogens is 323 g/mol. The van der Waals surface area contributed by atoms with Crippen LogP contribution in [0.4, 0.5) is 0 Å². The molecule has 0 saturated heterocycles. The van der Waals surface area contributed by atoms with Gasteiger partial charge in [0.25, 0.3) is 0 Å². The Morgan fingerprint density at radius 1 is 0.636 bits per heavy atom. The zero-order chi connectivity index (χ0) is 15.4. The normalized spacial score (nSPS) is 10.9. The summed E-state index contributed by atoms with van der Waals surface area (Å²) in [5, 5.41) is 2.78. The summed E-state index contributed by atoms with van der Waals surface area (Å²) in [6.07, 6.45) is 0.983. The van der Waals surface area contributed by atoms with Crippen molar-refractivity contribution in [3.05, 3.63) is 84.4 Å². The molecule has 0 radical (unpaired) electrons. The van der Waals surface area contributed by atoms with Crippen LogP contribution in [0.5, 0.6) is 0 Å². The van der Waals surface area contributed by atoms with Crippen LogP contribution in [0, 0.1) is 0 Å². The molecule has 0 saturated carbocycles. The maximum absolute atomic E-state index is 4.64. The molecule has 0 fully saturated rings. The SMILES string of the molecule is Sc1cccc(CP(c2ccccc2)c2ccccc2)c1S. The average molecular weight is 340 g/mol. The van der Waals surface area contributed by atoms with Gasteiger partial charge in [-0.2, -0.15) is 0 Å². The molecule has 0 aliphatic carbocycles. The van der Waals surface area contributed by atoms with Gasteiger partial charge in [-0.15, -0.1) is 25.3 Å². The summed E-state index contributed by atoms with van der Waals surface area (Å²) in [6.45, 7) is 0. The highest BCUT2D eigenvalue weighted by atomic mass is 32.1. The minimum atomic E-state index is -0.439. The summed E-state index contributed by atoms with van der Waals surface area (Å²) >= 11 is 9.14. The Kier molecular flexibility index (Phi) is 5.25. The van der Waals surface area contributed by atoms with Crippen molar-refractivity contribution in [3.8, 4) is 0 Å². The Balaban J connectivity index is 2.01. The van der Waals surface area contributed by atoms with E-state index in [9.17, 15) is 0 Å². The number of benzene rings is 3. The van der Waals surface area contributed by atoms with E-state index in [2.05, 4.69) is 98.1 Å². The maximum Gasteiger partial charge on any atom is 0.0210 e. The summed E-state index contributed by atoms with van der Waals surface area (Å²) in [5.74, 6) is 0. The first-order valence-corrected chi connectivity index (χ1v) is 9.55. The van der Waals surface area contributed by atoms with Crippen LogP contribution in [0.15, 0.2) is 88.7 Å². The molecule has 0 nitrogen and oxygen atoms in total. The minimum Gasteiger partial charge on any atom is -0.142 e. The lowest BCUT2D eigenvalue weighted by atomic mass is 10.2. The van der Waals surface area contributed by atoms with Crippen molar-refractivity contribution in [1.29, 1.82) is 0 Å². The summed E-state index contributed by atoms with van der Waals surface area (Å²) in [6, 6.07) is 27.7. The van der Waals surface area contributed by atoms with E-state index >= 15 is 0 Å². The molecule has 3 heteroatoms. The Hall–Kier alpha value is -1.21. The first-order chi connectivity index (χ1) is 10.8. The quantitative estimate of drug-likeness (QED) is 0.490. The third-order valence-corrected chi connectivity index (χ3v) is 7.14. The molecule has 0 spiro atoms. The molecule has 3 aromatic rings. The summed E-state index contributed by atoms with van der Waals surface area (Å²) in [7, 11) is -0.439. The fourth-order valence-corrected chi connectivity index (χ4v) is 5.34. The van der Waals surface area contributed by atoms with Crippen LogP contribution in [0.1, 0.15) is 5.56 Å². The third-order valence-electron chi connectivity index (χ3n) is 3.56. The Morgan fingerprint density at radius 3 is 1.73 bits per heavy atom. The van der Waals surface area contributed by atoms with Gasteiger partial charge in [-0.05, 0) is 30.2 Å². The lowest BCUT2D eigenvalue weighted by Gasteiger charge is -2.20. The van der Waals surface area contributed by atoms with Gasteiger partial charge in [0, 0.05) is 16.0 Å². The van der Waals surface area contributed by atoms with Gasteiger partial charge in [0.1, 0.15) is 0 Å². The van der Waals surface area contributed by atoms with E-state index in [1.165, 1.54) is 16.2 Å². The predicted octanol–water partition coefficient (Wildman–Crippen LogP) is 4.90. The fraction of sp³-hybridized carbons (Fsp3) is 0.0526. The molecule has 0 bridgehead atoms. The highest BCUT2D eigenvalue weighted by Gasteiger charge is 2.15. The van der Waals surface area contributed by atoms with Crippen molar-refractivity contribution < 1.29 is 0 Å². The largest absolute Gasteiger partial charge is 0.142 e. The van der Waals surface area contributed by atoms with Crippen molar-refractivity contribution in [3.63, 3.8) is 0 Å². The fourth-order valence-electron chi connectivity index (χ4n) is 2.42. The first kappa shape index (κ1) is 15.7. The number of hydrogen-bond donors (Lipinski definition) is 2. The summed E-state index contributed by atoms with van der Waals surface area (Å²) < 4.78 is 0. The minimum absolute atomic E-state index is 0.439. The van der Waals surface area contributed by atoms with Crippen LogP contribution >= 0.6 is 33.2 Å². The van der Waals surface area contributed by atoms with E-state index in [1.54, 1.807) is 0 Å². The molecule has 0 atom stereocenters. The van der Waals surface area contributed by atoms with Crippen molar-refractivity contribution in [2.24, 2.45) is 0 Å². The van der Waals surface area contributed by atoms with Gasteiger partial charge in [-0.25, -0.2) is 0 Å². The van der Waals surface area contributed by atoms with Crippen LogP contribution in [-0.4, -0.2) is 0 Å². The van der Waals surface area contributed by atoms with Crippen LogP contribution in [-0.2, 0) is 6.16 Å². The van der Waals surface area contributed by atoms with Crippen molar-refractivity contribution >= 4 is 43.8 Å². The molecule has 0 aliphatic rings. The summed E-state index contributed by atoms with van der Waals surface area (Å²) in [5.41, 5.74) is 1.26. The zero-order valence-electron chi connectivity index (χ0n) is 12.1. The molecule has 0 aliphatic heterocycles. The van der Waals surface area contributed by atoms with Gasteiger partial charge in [-0.3, -0.25) is 0 Å². The van der Waals surface area contributed by atoms with Crippen molar-refractivity contribution in [2.45, 2.75) is 16.0 Å². The second-order valence-corrected chi connectivity index (χ2v) is 8.18. The maximum atomic E-state index is 4.64. The molecule has 0 amide bonds. The molecule has 110 valence electrons. The standard InChI is InChI=1S/C19H17PS2/c21-18-13-7-8-15(19(18)22)14-20(16-9-3-1-4-10-16)17-11-5-2-6-12-17/h1-13,21-22H,14H2. The van der Waals surface area contributed by atoms with Crippen molar-refractivity contribution in [2.75, 3.05) is 0 Å². The van der Waals surface area contributed by atoms with Crippen LogP contribution in [0.25, 0.3) is 0 Å². The van der Waals surface area contributed by atoms with Crippen LogP contribution in [0.3, 0.4) is 0 Å². The number of thiol groups is 2. The van der Waals surface area contributed by atoms with Crippen LogP contribution in [0.2, 0.25) is 0 Å². The Labute approximate surface area is 144 Å². The van der Waals surface area contributed by atoms with Gasteiger partial charge in [0.05, 0.1) is 0 Å². The highest BCUT2D eigenvalue weighted by Crippen LogP contribution is 2.40. The van der Waals surface area contributed by atoms with Gasteiger partial charge < -0.3 is 0 Å². The number of rotatable bonds is 4. The van der Waals surface area contributed by atoms with Gasteiger partial charge >= 0.3 is 0 Å². The van der Waals surface area contributed by atoms with E-state index < -0.39 is 7.92 Å². The molecule has 0 aromatic heterocycles. The lowest BCUT2D eigenvalue weighted by Crippen LogP contribution is -2.13. The van der Waals surface area contributed by atoms with E-state index in [0.29, 0.717) is 0 Å². The van der Waals surface area contributed by atoms with Gasteiger partial charge in [0.15, 0.2) is 0 Å². The van der Waals surface area contributed by atoms with E-state index in [-0.39, 0.29) is 0 Å². The molecule has 0 unspecified atom stereocenters. The highest BCUT2D eigenvalue weighted by molar-refractivity contribution is 7.83. The topological polar surface area (TPSA) is 0 Å².